The average molecular weight is 295 g/mol. The van der Waals surface area contributed by atoms with Crippen molar-refractivity contribution in [3.05, 3.63) is 35.9 Å². The molecule has 1 aromatic rings. The van der Waals surface area contributed by atoms with E-state index in [9.17, 15) is 14.4 Å². The lowest BCUT2D eigenvalue weighted by atomic mass is 10.1. The van der Waals surface area contributed by atoms with Crippen LogP contribution < -0.4 is 16.1 Å². The molecule has 0 aromatic heterocycles. The third-order valence-electron chi connectivity index (χ3n) is 2.73. The summed E-state index contributed by atoms with van der Waals surface area (Å²) >= 11 is 0. The Kier molecular flexibility index (Phi) is 6.15. The maximum Gasteiger partial charge on any atom is 0.325 e. The number of hydrogen-bond donors (Lipinski definition) is 5. The molecule has 0 radical (unpaired) electrons. The molecule has 0 heterocycles. The summed E-state index contributed by atoms with van der Waals surface area (Å²) < 4.78 is 0. The van der Waals surface area contributed by atoms with Gasteiger partial charge in [-0.2, -0.15) is 0 Å². The number of carboxylic acid groups (broad SMARTS) is 1. The van der Waals surface area contributed by atoms with Gasteiger partial charge in [0.15, 0.2) is 0 Å². The van der Waals surface area contributed by atoms with Gasteiger partial charge in [0.05, 0.1) is 0 Å². The van der Waals surface area contributed by atoms with E-state index >= 15 is 0 Å². The third-order valence-corrected chi connectivity index (χ3v) is 2.73. The summed E-state index contributed by atoms with van der Waals surface area (Å²) in [7, 11) is 0. The van der Waals surface area contributed by atoms with Gasteiger partial charge >= 0.3 is 12.0 Å². The summed E-state index contributed by atoms with van der Waals surface area (Å²) in [6.07, 6.45) is 0.155. The number of nitrogens with one attached hydrogen (secondary N) is 3. The van der Waals surface area contributed by atoms with Crippen molar-refractivity contribution in [2.45, 2.75) is 25.4 Å². The van der Waals surface area contributed by atoms with E-state index in [1.165, 1.54) is 12.4 Å². The van der Waals surface area contributed by atoms with Crippen molar-refractivity contribution in [1.29, 1.82) is 0 Å². The van der Waals surface area contributed by atoms with E-state index < -0.39 is 30.0 Å². The largest absolute Gasteiger partial charge is 0.480 e. The average Bonchev–Trinajstić information content (AvgIpc) is 2.46. The molecule has 0 unspecified atom stereocenters. The van der Waals surface area contributed by atoms with Crippen molar-refractivity contribution in [3.63, 3.8) is 0 Å². The van der Waals surface area contributed by atoms with Gasteiger partial charge in [0, 0.05) is 6.42 Å². The van der Waals surface area contributed by atoms with Crippen LogP contribution in [0.2, 0.25) is 0 Å². The van der Waals surface area contributed by atoms with Crippen molar-refractivity contribution in [2.24, 2.45) is 0 Å². The number of urea groups is 1. The number of carboxylic acids is 1. The summed E-state index contributed by atoms with van der Waals surface area (Å²) in [5, 5.41) is 21.9. The van der Waals surface area contributed by atoms with E-state index in [2.05, 4.69) is 10.6 Å². The molecule has 5 N–H and O–H groups in total. The highest BCUT2D eigenvalue weighted by Crippen LogP contribution is 2.03. The van der Waals surface area contributed by atoms with Gasteiger partial charge in [0.2, 0.25) is 0 Å². The number of carbonyl (C=O) groups excluding carboxylic acids is 2. The first-order chi connectivity index (χ1) is 9.93. The van der Waals surface area contributed by atoms with Crippen molar-refractivity contribution in [3.8, 4) is 0 Å². The van der Waals surface area contributed by atoms with Crippen molar-refractivity contribution in [1.82, 2.24) is 16.1 Å². The molecular formula is C13H17N3O5. The van der Waals surface area contributed by atoms with Crippen molar-refractivity contribution in [2.75, 3.05) is 0 Å². The minimum Gasteiger partial charge on any atom is -0.480 e. The second kappa shape index (κ2) is 7.85. The van der Waals surface area contributed by atoms with Crippen LogP contribution in [0.5, 0.6) is 0 Å². The normalized spacial score (nSPS) is 12.9. The van der Waals surface area contributed by atoms with Crippen LogP contribution in [-0.2, 0) is 16.0 Å². The maximum atomic E-state index is 11.6. The monoisotopic (exact) mass is 295 g/mol. The summed E-state index contributed by atoms with van der Waals surface area (Å²) in [6, 6.07) is 5.94. The Morgan fingerprint density at radius 1 is 1.14 bits per heavy atom. The molecule has 0 fully saturated rings. The molecule has 0 spiro atoms. The minimum absolute atomic E-state index is 0.155. The zero-order valence-electron chi connectivity index (χ0n) is 11.4. The van der Waals surface area contributed by atoms with Crippen LogP contribution in [-0.4, -0.2) is 40.3 Å². The highest BCUT2D eigenvalue weighted by molar-refractivity contribution is 5.88. The van der Waals surface area contributed by atoms with Crippen molar-refractivity contribution >= 4 is 17.9 Å². The lowest BCUT2D eigenvalue weighted by Gasteiger charge is -2.18. The molecule has 1 rings (SSSR count). The Bertz CT molecular complexity index is 506. The van der Waals surface area contributed by atoms with Gasteiger partial charge in [-0.25, -0.2) is 10.3 Å². The second-order valence-corrected chi connectivity index (χ2v) is 4.40. The minimum atomic E-state index is -1.20. The lowest BCUT2D eigenvalue weighted by Crippen LogP contribution is -2.53. The Morgan fingerprint density at radius 2 is 1.76 bits per heavy atom. The molecule has 0 saturated carbocycles. The number of benzene rings is 1. The quantitative estimate of drug-likeness (QED) is 0.369. The summed E-state index contributed by atoms with van der Waals surface area (Å²) in [5.41, 5.74) is 2.24. The SMILES string of the molecule is C[C@H](NC(=O)N[C@@H](Cc1ccccc1)C(=O)NO)C(=O)O. The van der Waals surface area contributed by atoms with Gasteiger partial charge in [0.25, 0.3) is 5.91 Å². The molecule has 21 heavy (non-hydrogen) atoms. The maximum absolute atomic E-state index is 11.6. The van der Waals surface area contributed by atoms with Gasteiger partial charge in [-0.3, -0.25) is 14.8 Å². The Hall–Kier alpha value is -2.61. The topological polar surface area (TPSA) is 128 Å². The molecule has 8 nitrogen and oxygen atoms in total. The predicted octanol–water partition coefficient (Wildman–Crippen LogP) is -0.125. The molecule has 3 amide bonds. The van der Waals surface area contributed by atoms with Gasteiger partial charge in [-0.1, -0.05) is 30.3 Å². The molecule has 2 atom stereocenters. The third kappa shape index (κ3) is 5.49. The number of hydrogen-bond acceptors (Lipinski definition) is 4. The van der Waals surface area contributed by atoms with Gasteiger partial charge in [-0.15, -0.1) is 0 Å². The van der Waals surface area contributed by atoms with E-state index in [1.807, 2.05) is 0 Å². The molecule has 0 aliphatic rings. The zero-order chi connectivity index (χ0) is 15.8. The highest BCUT2D eigenvalue weighted by Gasteiger charge is 2.22. The van der Waals surface area contributed by atoms with E-state index in [0.717, 1.165) is 5.56 Å². The fraction of sp³-hybridized carbons (Fsp3) is 0.308. The molecule has 0 bridgehead atoms. The number of amides is 3. The van der Waals surface area contributed by atoms with Crippen LogP contribution in [0.15, 0.2) is 30.3 Å². The van der Waals surface area contributed by atoms with Crippen LogP contribution in [0, 0.1) is 0 Å². The summed E-state index contributed by atoms with van der Waals surface area (Å²) in [6.45, 7) is 1.29. The van der Waals surface area contributed by atoms with Gasteiger partial charge in [-0.05, 0) is 12.5 Å². The number of carbonyl (C=O) groups is 3. The van der Waals surface area contributed by atoms with Gasteiger partial charge < -0.3 is 15.7 Å². The van der Waals surface area contributed by atoms with Crippen molar-refractivity contribution < 1.29 is 24.7 Å². The Morgan fingerprint density at radius 3 is 2.29 bits per heavy atom. The van der Waals surface area contributed by atoms with Crippen LogP contribution in [0.25, 0.3) is 0 Å². The number of rotatable bonds is 6. The van der Waals surface area contributed by atoms with Crippen LogP contribution in [0.3, 0.4) is 0 Å². The second-order valence-electron chi connectivity index (χ2n) is 4.40. The number of hydroxylamine groups is 1. The molecule has 0 aliphatic heterocycles. The molecule has 0 aliphatic carbocycles. The zero-order valence-corrected chi connectivity index (χ0v) is 11.4. The molecule has 0 saturated heterocycles. The first-order valence-electron chi connectivity index (χ1n) is 6.21. The standard InChI is InChI=1S/C13H17N3O5/c1-8(12(18)19)14-13(20)15-10(11(17)16-21)7-9-5-3-2-4-6-9/h2-6,8,10,21H,7H2,1H3,(H,16,17)(H,18,19)(H2,14,15,20)/t8-,10-/m0/s1. The summed E-state index contributed by atoms with van der Waals surface area (Å²) in [5.74, 6) is -1.99. The van der Waals surface area contributed by atoms with Crippen LogP contribution in [0.4, 0.5) is 4.79 Å². The molecule has 114 valence electrons. The first-order valence-corrected chi connectivity index (χ1v) is 6.21. The number of aliphatic carboxylic acids is 1. The van der Waals surface area contributed by atoms with E-state index in [4.69, 9.17) is 10.3 Å². The molecule has 8 heteroatoms. The molecule has 1 aromatic carbocycles. The van der Waals surface area contributed by atoms with E-state index in [-0.39, 0.29) is 6.42 Å². The summed E-state index contributed by atoms with van der Waals surface area (Å²) in [4.78, 5) is 33.8. The fourth-order valence-corrected chi connectivity index (χ4v) is 1.60. The lowest BCUT2D eigenvalue weighted by molar-refractivity contribution is -0.138. The fourth-order valence-electron chi connectivity index (χ4n) is 1.60. The first kappa shape index (κ1) is 16.4. The van der Waals surface area contributed by atoms with Crippen LogP contribution in [0.1, 0.15) is 12.5 Å². The van der Waals surface area contributed by atoms with E-state index in [0.29, 0.717) is 0 Å². The molecular weight excluding hydrogens is 278 g/mol. The highest BCUT2D eigenvalue weighted by atomic mass is 16.5. The van der Waals surface area contributed by atoms with Gasteiger partial charge in [0.1, 0.15) is 12.1 Å². The van der Waals surface area contributed by atoms with E-state index in [1.54, 1.807) is 30.3 Å². The smallest absolute Gasteiger partial charge is 0.325 e. The Balaban J connectivity index is 2.68. The Labute approximate surface area is 121 Å². The predicted molar refractivity (Wildman–Crippen MR) is 72.6 cm³/mol. The van der Waals surface area contributed by atoms with Crippen LogP contribution >= 0.6 is 0 Å².